The summed E-state index contributed by atoms with van der Waals surface area (Å²) in [6.07, 6.45) is 0.802. The number of nitrogens with zero attached hydrogens (tertiary/aromatic N) is 1. The highest BCUT2D eigenvalue weighted by Gasteiger charge is 2.34. The van der Waals surface area contributed by atoms with Gasteiger partial charge in [0.25, 0.3) is 0 Å². The molecule has 98 valence electrons. The van der Waals surface area contributed by atoms with Gasteiger partial charge in [-0.3, -0.25) is 19.3 Å². The molecule has 1 fully saturated rings. The third-order valence-corrected chi connectivity index (χ3v) is 2.30. The molecule has 0 aliphatic carbocycles. The lowest BCUT2D eigenvalue weighted by Gasteiger charge is -2.13. The summed E-state index contributed by atoms with van der Waals surface area (Å²) < 4.78 is 4.71. The molecule has 0 N–H and O–H groups in total. The van der Waals surface area contributed by atoms with Gasteiger partial charge >= 0.3 is 5.97 Å². The maximum atomic E-state index is 11.4. The van der Waals surface area contributed by atoms with E-state index >= 15 is 0 Å². The molecule has 1 aliphatic rings. The summed E-state index contributed by atoms with van der Waals surface area (Å²) in [5.41, 5.74) is 0. The molecule has 2 amide bonds. The van der Waals surface area contributed by atoms with E-state index in [0.29, 0.717) is 19.4 Å². The average molecular weight is 243 g/mol. The zero-order valence-electron chi connectivity index (χ0n) is 11.0. The van der Waals surface area contributed by atoms with E-state index in [1.165, 1.54) is 11.8 Å². The molecule has 5 heteroatoms. The van der Waals surface area contributed by atoms with Crippen molar-refractivity contribution in [3.05, 3.63) is 0 Å². The molecule has 0 aromatic carbocycles. The van der Waals surface area contributed by atoms with E-state index in [4.69, 9.17) is 4.74 Å². The maximum absolute atomic E-state index is 11.4. The van der Waals surface area contributed by atoms with Gasteiger partial charge in [0.05, 0.1) is 6.61 Å². The molecule has 0 saturated carbocycles. The minimum absolute atomic E-state index is 0.122. The van der Waals surface area contributed by atoms with Crippen LogP contribution in [0.25, 0.3) is 0 Å². The Bertz CT molecular complexity index is 288. The monoisotopic (exact) mass is 243 g/mol. The number of imide groups is 1. The molecule has 0 spiro atoms. The van der Waals surface area contributed by atoms with Gasteiger partial charge in [0.15, 0.2) is 0 Å². The van der Waals surface area contributed by atoms with E-state index in [0.717, 1.165) is 0 Å². The van der Waals surface area contributed by atoms with Crippen LogP contribution in [0.5, 0.6) is 0 Å². The van der Waals surface area contributed by atoms with Crippen molar-refractivity contribution in [2.75, 3.05) is 13.2 Å². The van der Waals surface area contributed by atoms with Crippen LogP contribution >= 0.6 is 0 Å². The standard InChI is InChI=1S/C10H15NO4.C2H6/c1-7-6-9(13)11(10(7)14)4-3-5-15-8(2)12;1-2/h7H,3-6H2,1-2H3;1-2H3. The van der Waals surface area contributed by atoms with Crippen LogP contribution in [0.3, 0.4) is 0 Å². The third-order valence-electron chi connectivity index (χ3n) is 2.30. The molecule has 1 aliphatic heterocycles. The second kappa shape index (κ2) is 7.81. The van der Waals surface area contributed by atoms with Gasteiger partial charge < -0.3 is 4.74 Å². The molecular weight excluding hydrogens is 222 g/mol. The van der Waals surface area contributed by atoms with Gasteiger partial charge in [0.2, 0.25) is 11.8 Å². The maximum Gasteiger partial charge on any atom is 0.302 e. The predicted molar refractivity (Wildman–Crippen MR) is 63.1 cm³/mol. The van der Waals surface area contributed by atoms with Gasteiger partial charge in [-0.05, 0) is 6.42 Å². The van der Waals surface area contributed by atoms with Gasteiger partial charge in [-0.1, -0.05) is 20.8 Å². The largest absolute Gasteiger partial charge is 0.466 e. The Balaban J connectivity index is 0.00000121. The van der Waals surface area contributed by atoms with Crippen molar-refractivity contribution in [2.24, 2.45) is 5.92 Å². The topological polar surface area (TPSA) is 63.7 Å². The predicted octanol–water partition coefficient (Wildman–Crippen LogP) is 1.36. The van der Waals surface area contributed by atoms with E-state index in [9.17, 15) is 14.4 Å². The molecule has 0 aromatic rings. The molecule has 1 atom stereocenters. The number of amides is 2. The molecule has 0 radical (unpaired) electrons. The molecule has 1 unspecified atom stereocenters. The first-order valence-electron chi connectivity index (χ1n) is 6.00. The molecule has 1 heterocycles. The number of hydrogen-bond donors (Lipinski definition) is 0. The fourth-order valence-electron chi connectivity index (χ4n) is 1.52. The van der Waals surface area contributed by atoms with E-state index < -0.39 is 0 Å². The minimum Gasteiger partial charge on any atom is -0.466 e. The first kappa shape index (κ1) is 15.6. The van der Waals surface area contributed by atoms with Crippen LogP contribution in [-0.2, 0) is 19.1 Å². The van der Waals surface area contributed by atoms with E-state index in [1.807, 2.05) is 13.8 Å². The summed E-state index contributed by atoms with van der Waals surface area (Å²) >= 11 is 0. The Morgan fingerprint density at radius 3 is 2.41 bits per heavy atom. The van der Waals surface area contributed by atoms with E-state index in [2.05, 4.69) is 0 Å². The van der Waals surface area contributed by atoms with E-state index in [-0.39, 0.29) is 30.3 Å². The van der Waals surface area contributed by atoms with Gasteiger partial charge in [-0.15, -0.1) is 0 Å². The Hall–Kier alpha value is -1.39. The number of esters is 1. The zero-order chi connectivity index (χ0) is 13.4. The Morgan fingerprint density at radius 1 is 1.41 bits per heavy atom. The summed E-state index contributed by atoms with van der Waals surface area (Å²) in [4.78, 5) is 34.5. The van der Waals surface area contributed by atoms with Crippen LogP contribution in [0, 0.1) is 5.92 Å². The summed E-state index contributed by atoms with van der Waals surface area (Å²) in [7, 11) is 0. The van der Waals surface area contributed by atoms with Gasteiger partial charge in [0, 0.05) is 25.8 Å². The number of hydrogen-bond acceptors (Lipinski definition) is 4. The van der Waals surface area contributed by atoms with Crippen molar-refractivity contribution in [3.63, 3.8) is 0 Å². The van der Waals surface area contributed by atoms with Crippen LogP contribution < -0.4 is 0 Å². The lowest BCUT2D eigenvalue weighted by molar-refractivity contribution is -0.141. The van der Waals surface area contributed by atoms with Gasteiger partial charge in [-0.25, -0.2) is 0 Å². The first-order chi connectivity index (χ1) is 8.02. The number of rotatable bonds is 4. The molecule has 0 bridgehead atoms. The highest BCUT2D eigenvalue weighted by molar-refractivity contribution is 6.03. The summed E-state index contributed by atoms with van der Waals surface area (Å²) in [6, 6.07) is 0. The second-order valence-corrected chi connectivity index (χ2v) is 3.68. The molecule has 1 saturated heterocycles. The quantitative estimate of drug-likeness (QED) is 0.425. The second-order valence-electron chi connectivity index (χ2n) is 3.68. The van der Waals surface area contributed by atoms with E-state index in [1.54, 1.807) is 6.92 Å². The number of carbonyl (C=O) groups excluding carboxylic acids is 3. The molecule has 5 nitrogen and oxygen atoms in total. The molecule has 1 rings (SSSR count). The van der Waals surface area contributed by atoms with Crippen LogP contribution in [0.2, 0.25) is 0 Å². The molecular formula is C12H21NO4. The van der Waals surface area contributed by atoms with Crippen LogP contribution in [0.1, 0.15) is 40.5 Å². The smallest absolute Gasteiger partial charge is 0.302 e. The summed E-state index contributed by atoms with van der Waals surface area (Å²) in [5.74, 6) is -0.799. The van der Waals surface area contributed by atoms with Crippen LogP contribution in [0.4, 0.5) is 0 Å². The minimum atomic E-state index is -0.345. The van der Waals surface area contributed by atoms with Crippen molar-refractivity contribution in [3.8, 4) is 0 Å². The van der Waals surface area contributed by atoms with Crippen molar-refractivity contribution in [1.82, 2.24) is 4.90 Å². The fourth-order valence-corrected chi connectivity index (χ4v) is 1.52. The SMILES string of the molecule is CC.CC(=O)OCCCN1C(=O)CC(C)C1=O. The zero-order valence-corrected chi connectivity index (χ0v) is 11.0. The highest BCUT2D eigenvalue weighted by atomic mass is 16.5. The van der Waals surface area contributed by atoms with Crippen LogP contribution in [0.15, 0.2) is 0 Å². The Morgan fingerprint density at radius 2 is 2.00 bits per heavy atom. The van der Waals surface area contributed by atoms with Gasteiger partial charge in [0.1, 0.15) is 0 Å². The lowest BCUT2D eigenvalue weighted by Crippen LogP contribution is -2.31. The number of likely N-dealkylation sites (tertiary alicyclic amines) is 1. The summed E-state index contributed by atoms with van der Waals surface area (Å²) in [6.45, 7) is 7.66. The van der Waals surface area contributed by atoms with Crippen molar-refractivity contribution in [2.45, 2.75) is 40.5 Å². The van der Waals surface area contributed by atoms with Crippen molar-refractivity contribution >= 4 is 17.8 Å². The lowest BCUT2D eigenvalue weighted by atomic mass is 10.1. The number of carbonyl (C=O) groups is 3. The summed E-state index contributed by atoms with van der Waals surface area (Å²) in [5, 5.41) is 0. The normalized spacial score (nSPS) is 18.8. The third kappa shape index (κ3) is 4.97. The number of ether oxygens (including phenoxy) is 1. The van der Waals surface area contributed by atoms with Crippen molar-refractivity contribution < 1.29 is 19.1 Å². The molecule has 17 heavy (non-hydrogen) atoms. The Labute approximate surface area is 102 Å². The Kier molecular flexibility index (Phi) is 7.18. The highest BCUT2D eigenvalue weighted by Crippen LogP contribution is 2.18. The molecule has 0 aromatic heterocycles. The van der Waals surface area contributed by atoms with Gasteiger partial charge in [-0.2, -0.15) is 0 Å². The van der Waals surface area contributed by atoms with Crippen LogP contribution in [-0.4, -0.2) is 35.8 Å². The average Bonchev–Trinajstić information content (AvgIpc) is 2.52. The first-order valence-corrected chi connectivity index (χ1v) is 6.00. The van der Waals surface area contributed by atoms with Crippen molar-refractivity contribution in [1.29, 1.82) is 0 Å². The fraction of sp³-hybridized carbons (Fsp3) is 0.750.